The Bertz CT molecular complexity index is 1120. The lowest BCUT2D eigenvalue weighted by atomic mass is 10.2. The Morgan fingerprint density at radius 3 is 2.54 bits per heavy atom. The summed E-state index contributed by atoms with van der Waals surface area (Å²) in [4.78, 5) is 37.4. The van der Waals surface area contributed by atoms with E-state index in [-0.39, 0.29) is 23.8 Å². The zero-order chi connectivity index (χ0) is 27.3. The second-order valence-corrected chi connectivity index (χ2v) is 9.99. The van der Waals surface area contributed by atoms with Gasteiger partial charge in [-0.15, -0.1) is 0 Å². The summed E-state index contributed by atoms with van der Waals surface area (Å²) in [6.07, 6.45) is 0.893. The lowest BCUT2D eigenvalue weighted by Gasteiger charge is -2.39. The van der Waals surface area contributed by atoms with Crippen LogP contribution in [0.4, 0.5) is 27.8 Å². The van der Waals surface area contributed by atoms with Crippen molar-refractivity contribution in [2.45, 2.75) is 32.5 Å². The minimum absolute atomic E-state index is 0.0753. The highest BCUT2D eigenvalue weighted by atomic mass is 16.6. The predicted molar refractivity (Wildman–Crippen MR) is 139 cm³/mol. The monoisotopic (exact) mass is 517 g/mol. The molecule has 1 aliphatic rings. The molecule has 2 heterocycles. The molecule has 2 aromatic rings. The van der Waals surface area contributed by atoms with E-state index in [1.165, 1.54) is 19.4 Å². The molecular formula is C24H35N7O6. The van der Waals surface area contributed by atoms with Crippen LogP contribution in [0.2, 0.25) is 0 Å². The van der Waals surface area contributed by atoms with Crippen LogP contribution in [0.15, 0.2) is 24.4 Å². The van der Waals surface area contributed by atoms with Gasteiger partial charge >= 0.3 is 6.09 Å². The van der Waals surface area contributed by atoms with Crippen molar-refractivity contribution in [2.75, 3.05) is 64.6 Å². The maximum absolute atomic E-state index is 12.1. The smallest absolute Gasteiger partial charge is 0.410 e. The second kappa shape index (κ2) is 11.5. The molecule has 37 heavy (non-hydrogen) atoms. The SMILES string of the molecule is COc1cc(N(C)CCN(C)C)c([N+](=O)[O-])cc1Nc1nccc(OC2CN(C(=O)OC(C)(C)C)C2)n1. The fourth-order valence-electron chi connectivity index (χ4n) is 3.49. The lowest BCUT2D eigenvalue weighted by molar-refractivity contribution is -0.384. The average Bonchev–Trinajstić information content (AvgIpc) is 2.78. The van der Waals surface area contributed by atoms with Crippen LogP contribution in [-0.2, 0) is 4.74 Å². The third-order valence-corrected chi connectivity index (χ3v) is 5.45. The fourth-order valence-corrected chi connectivity index (χ4v) is 3.49. The van der Waals surface area contributed by atoms with E-state index in [0.29, 0.717) is 42.6 Å². The Morgan fingerprint density at radius 2 is 1.95 bits per heavy atom. The third-order valence-electron chi connectivity index (χ3n) is 5.45. The van der Waals surface area contributed by atoms with E-state index in [0.717, 1.165) is 6.54 Å². The highest BCUT2D eigenvalue weighted by Crippen LogP contribution is 2.39. The Hall–Kier alpha value is -3.87. The number of likely N-dealkylation sites (N-methyl/N-ethyl adjacent to an activating group) is 2. The first-order valence-corrected chi connectivity index (χ1v) is 11.8. The first kappa shape index (κ1) is 27.7. The summed E-state index contributed by atoms with van der Waals surface area (Å²) in [6.45, 7) is 7.53. The summed E-state index contributed by atoms with van der Waals surface area (Å²) in [5.41, 5.74) is 0.142. The number of rotatable bonds is 10. The highest BCUT2D eigenvalue weighted by molar-refractivity contribution is 5.76. The first-order chi connectivity index (χ1) is 17.4. The van der Waals surface area contributed by atoms with Crippen LogP contribution in [0, 0.1) is 10.1 Å². The van der Waals surface area contributed by atoms with Crippen molar-refractivity contribution in [1.82, 2.24) is 19.8 Å². The Kier molecular flexibility index (Phi) is 8.58. The number of nitrogens with zero attached hydrogens (tertiary/aromatic N) is 6. The molecule has 0 spiro atoms. The normalized spacial score (nSPS) is 13.7. The van der Waals surface area contributed by atoms with Gasteiger partial charge in [0.15, 0.2) is 0 Å². The minimum Gasteiger partial charge on any atom is -0.494 e. The van der Waals surface area contributed by atoms with E-state index in [4.69, 9.17) is 14.2 Å². The van der Waals surface area contributed by atoms with E-state index in [1.807, 2.05) is 44.7 Å². The van der Waals surface area contributed by atoms with Gasteiger partial charge in [0.05, 0.1) is 30.8 Å². The van der Waals surface area contributed by atoms with Crippen LogP contribution < -0.4 is 19.7 Å². The summed E-state index contributed by atoms with van der Waals surface area (Å²) < 4.78 is 16.7. The highest BCUT2D eigenvalue weighted by Gasteiger charge is 2.35. The molecule has 1 aromatic heterocycles. The minimum atomic E-state index is -0.563. The number of hydrogen-bond acceptors (Lipinski definition) is 11. The molecule has 13 nitrogen and oxygen atoms in total. The van der Waals surface area contributed by atoms with E-state index in [9.17, 15) is 14.9 Å². The van der Waals surface area contributed by atoms with Gasteiger partial charge in [0, 0.05) is 44.5 Å². The fraction of sp³-hybridized carbons (Fsp3) is 0.542. The number of nitro groups is 1. The standard InChI is InChI=1S/C24H35N7O6/c1-24(2,3)37-23(32)30-14-16(15-30)36-21-8-9-25-22(27-21)26-17-12-19(31(33)34)18(13-20(17)35-7)29(6)11-10-28(4)5/h8-9,12-13,16H,10-11,14-15H2,1-7H3,(H,25,26,27). The molecule has 0 aliphatic carbocycles. The number of hydrogen-bond donors (Lipinski definition) is 1. The van der Waals surface area contributed by atoms with Crippen molar-refractivity contribution >= 4 is 29.1 Å². The number of nitrogens with one attached hydrogen (secondary N) is 1. The predicted octanol–water partition coefficient (Wildman–Crippen LogP) is 3.13. The van der Waals surface area contributed by atoms with Crippen LogP contribution in [0.1, 0.15) is 20.8 Å². The van der Waals surface area contributed by atoms with Crippen LogP contribution in [0.5, 0.6) is 11.6 Å². The van der Waals surface area contributed by atoms with Gasteiger partial charge in [0.2, 0.25) is 11.8 Å². The van der Waals surface area contributed by atoms with E-state index >= 15 is 0 Å². The van der Waals surface area contributed by atoms with Gasteiger partial charge in [-0.3, -0.25) is 10.1 Å². The molecule has 1 aromatic carbocycles. The number of nitro benzene ring substituents is 1. The number of anilines is 3. The second-order valence-electron chi connectivity index (χ2n) is 9.99. The molecule has 1 fully saturated rings. The molecule has 3 rings (SSSR count). The van der Waals surface area contributed by atoms with Crippen molar-refractivity contribution in [3.05, 3.63) is 34.5 Å². The quantitative estimate of drug-likeness (QED) is 0.368. The number of carbonyl (C=O) groups is 1. The average molecular weight is 518 g/mol. The van der Waals surface area contributed by atoms with E-state index in [2.05, 4.69) is 15.3 Å². The summed E-state index contributed by atoms with van der Waals surface area (Å²) >= 11 is 0. The maximum Gasteiger partial charge on any atom is 0.410 e. The van der Waals surface area contributed by atoms with Gasteiger partial charge in [-0.05, 0) is 34.9 Å². The molecule has 1 amide bonds. The molecule has 0 atom stereocenters. The van der Waals surface area contributed by atoms with Gasteiger partial charge in [-0.25, -0.2) is 9.78 Å². The largest absolute Gasteiger partial charge is 0.494 e. The summed E-state index contributed by atoms with van der Waals surface area (Å²) in [7, 11) is 7.17. The van der Waals surface area contributed by atoms with Crippen LogP contribution in [-0.4, -0.2) is 96.9 Å². The molecule has 1 N–H and O–H groups in total. The lowest BCUT2D eigenvalue weighted by Crippen LogP contribution is -2.57. The molecule has 13 heteroatoms. The topological polar surface area (TPSA) is 135 Å². The molecule has 202 valence electrons. The van der Waals surface area contributed by atoms with Gasteiger partial charge in [0.1, 0.15) is 23.1 Å². The van der Waals surface area contributed by atoms with Crippen molar-refractivity contribution < 1.29 is 23.9 Å². The van der Waals surface area contributed by atoms with Gasteiger partial charge in [-0.1, -0.05) is 0 Å². The zero-order valence-corrected chi connectivity index (χ0v) is 22.3. The van der Waals surface area contributed by atoms with Crippen LogP contribution in [0.3, 0.4) is 0 Å². The zero-order valence-electron chi connectivity index (χ0n) is 22.3. The van der Waals surface area contributed by atoms with Crippen molar-refractivity contribution in [3.63, 3.8) is 0 Å². The number of benzene rings is 1. The molecule has 0 radical (unpaired) electrons. The molecule has 1 saturated heterocycles. The molecular weight excluding hydrogens is 482 g/mol. The molecule has 1 aliphatic heterocycles. The number of methoxy groups -OCH3 is 1. The van der Waals surface area contributed by atoms with Gasteiger partial charge < -0.3 is 34.2 Å². The van der Waals surface area contributed by atoms with Gasteiger partial charge in [-0.2, -0.15) is 4.98 Å². The Labute approximate surface area is 216 Å². The van der Waals surface area contributed by atoms with Gasteiger partial charge in [0.25, 0.3) is 5.69 Å². The number of aromatic nitrogens is 2. The first-order valence-electron chi connectivity index (χ1n) is 11.8. The number of carbonyl (C=O) groups excluding carboxylic acids is 1. The van der Waals surface area contributed by atoms with Crippen LogP contribution >= 0.6 is 0 Å². The number of amides is 1. The van der Waals surface area contributed by atoms with Crippen molar-refractivity contribution in [3.8, 4) is 11.6 Å². The van der Waals surface area contributed by atoms with E-state index in [1.54, 1.807) is 24.1 Å². The molecule has 0 bridgehead atoms. The molecule has 0 unspecified atom stereocenters. The Morgan fingerprint density at radius 1 is 1.24 bits per heavy atom. The summed E-state index contributed by atoms with van der Waals surface area (Å²) in [5.74, 6) is 0.890. The maximum atomic E-state index is 12.1. The van der Waals surface area contributed by atoms with E-state index < -0.39 is 10.5 Å². The third kappa shape index (κ3) is 7.56. The molecule has 0 saturated carbocycles. The summed E-state index contributed by atoms with van der Waals surface area (Å²) in [5, 5.41) is 14.8. The summed E-state index contributed by atoms with van der Waals surface area (Å²) in [6, 6.07) is 4.63. The Balaban J connectivity index is 1.71. The number of likely N-dealkylation sites (tertiary alicyclic amines) is 1. The van der Waals surface area contributed by atoms with Crippen molar-refractivity contribution in [2.24, 2.45) is 0 Å². The van der Waals surface area contributed by atoms with Crippen LogP contribution in [0.25, 0.3) is 0 Å². The van der Waals surface area contributed by atoms with Crippen molar-refractivity contribution in [1.29, 1.82) is 0 Å². The number of ether oxygens (including phenoxy) is 3.